The largest absolute Gasteiger partial charge is 0.368 e. The topological polar surface area (TPSA) is 57.3 Å². The molecule has 3 rings (SSSR count). The highest BCUT2D eigenvalue weighted by Gasteiger charge is 2.12. The molecule has 1 fully saturated rings. The Balaban J connectivity index is 1.69. The number of hydrogen-bond donors (Lipinski definition) is 2. The molecule has 1 aromatic heterocycles. The maximum atomic E-state index is 12.3. The summed E-state index contributed by atoms with van der Waals surface area (Å²) in [6, 6.07) is 9.45. The number of nitrogens with zero attached hydrogens (tertiary/aromatic N) is 2. The average molecular weight is 375 g/mol. The Kier molecular flexibility index (Phi) is 4.93. The number of carbonyl (C=O) groups is 1. The van der Waals surface area contributed by atoms with Gasteiger partial charge in [-0.2, -0.15) is 0 Å². The predicted molar refractivity (Wildman–Crippen MR) is 96.2 cm³/mol. The van der Waals surface area contributed by atoms with Crippen molar-refractivity contribution in [1.29, 1.82) is 0 Å². The summed E-state index contributed by atoms with van der Waals surface area (Å²) < 4.78 is 0.963. The molecule has 6 heteroatoms. The number of carbonyl (C=O) groups excluding carboxylic acids is 1. The molecule has 1 aliphatic rings. The molecule has 0 bridgehead atoms. The first-order valence-corrected chi connectivity index (χ1v) is 8.42. The molecular weight excluding hydrogens is 356 g/mol. The van der Waals surface area contributed by atoms with Crippen molar-refractivity contribution in [3.05, 3.63) is 52.1 Å². The number of anilines is 2. The third kappa shape index (κ3) is 3.89. The number of aryl methyl sites for hydroxylation is 1. The molecule has 5 nitrogen and oxygen atoms in total. The standard InChI is InChI=1S/C17H19BrN4O/c1-12-10-13(18)2-4-15(12)17(23)21-16-5-3-14(11-20-16)22-8-6-19-7-9-22/h2-5,10-11,19H,6-9H2,1H3,(H,20,21,23). The van der Waals surface area contributed by atoms with E-state index in [1.54, 1.807) is 0 Å². The predicted octanol–water partition coefficient (Wildman–Crippen LogP) is 2.81. The molecule has 0 unspecified atom stereocenters. The smallest absolute Gasteiger partial charge is 0.257 e. The van der Waals surface area contributed by atoms with Crippen LogP contribution in [-0.4, -0.2) is 37.1 Å². The zero-order valence-corrected chi connectivity index (χ0v) is 14.6. The Morgan fingerprint density at radius 2 is 2.04 bits per heavy atom. The number of pyridine rings is 1. The lowest BCUT2D eigenvalue weighted by molar-refractivity contribution is 0.102. The summed E-state index contributed by atoms with van der Waals surface area (Å²) in [6.07, 6.45) is 1.81. The zero-order chi connectivity index (χ0) is 16.2. The van der Waals surface area contributed by atoms with E-state index in [-0.39, 0.29) is 5.91 Å². The van der Waals surface area contributed by atoms with Crippen LogP contribution in [-0.2, 0) is 0 Å². The van der Waals surface area contributed by atoms with Crippen molar-refractivity contribution in [1.82, 2.24) is 10.3 Å². The van der Waals surface area contributed by atoms with Crippen LogP contribution in [0.5, 0.6) is 0 Å². The van der Waals surface area contributed by atoms with E-state index in [9.17, 15) is 4.79 Å². The van der Waals surface area contributed by atoms with Crippen molar-refractivity contribution in [2.24, 2.45) is 0 Å². The quantitative estimate of drug-likeness (QED) is 0.866. The fraction of sp³-hybridized carbons (Fsp3) is 0.294. The number of hydrogen-bond acceptors (Lipinski definition) is 4. The van der Waals surface area contributed by atoms with Crippen LogP contribution in [0.4, 0.5) is 11.5 Å². The van der Waals surface area contributed by atoms with Crippen LogP contribution in [0.2, 0.25) is 0 Å². The van der Waals surface area contributed by atoms with Crippen molar-refractivity contribution in [2.75, 3.05) is 36.4 Å². The van der Waals surface area contributed by atoms with Gasteiger partial charge >= 0.3 is 0 Å². The van der Waals surface area contributed by atoms with E-state index in [1.807, 2.05) is 43.5 Å². The summed E-state index contributed by atoms with van der Waals surface area (Å²) in [5.41, 5.74) is 2.67. The first-order valence-electron chi connectivity index (χ1n) is 7.63. The van der Waals surface area contributed by atoms with Gasteiger partial charge in [0, 0.05) is 36.2 Å². The second-order valence-electron chi connectivity index (χ2n) is 5.55. The second-order valence-corrected chi connectivity index (χ2v) is 6.47. The minimum absolute atomic E-state index is 0.141. The van der Waals surface area contributed by atoms with Gasteiger partial charge in [0.2, 0.25) is 0 Å². The summed E-state index contributed by atoms with van der Waals surface area (Å²) in [7, 11) is 0. The van der Waals surface area contributed by atoms with E-state index in [1.165, 1.54) is 0 Å². The monoisotopic (exact) mass is 374 g/mol. The van der Waals surface area contributed by atoms with E-state index in [0.717, 1.165) is 41.9 Å². The van der Waals surface area contributed by atoms with Crippen molar-refractivity contribution in [2.45, 2.75) is 6.92 Å². The van der Waals surface area contributed by atoms with Crippen molar-refractivity contribution >= 4 is 33.3 Å². The molecule has 0 atom stereocenters. The number of benzene rings is 1. The van der Waals surface area contributed by atoms with Crippen molar-refractivity contribution in [3.8, 4) is 0 Å². The highest BCUT2D eigenvalue weighted by atomic mass is 79.9. The minimum Gasteiger partial charge on any atom is -0.368 e. The van der Waals surface area contributed by atoms with Crippen LogP contribution in [0.1, 0.15) is 15.9 Å². The molecule has 0 aliphatic carbocycles. The van der Waals surface area contributed by atoms with Crippen LogP contribution in [0.3, 0.4) is 0 Å². The molecule has 0 spiro atoms. The van der Waals surface area contributed by atoms with E-state index in [0.29, 0.717) is 11.4 Å². The fourth-order valence-electron chi connectivity index (χ4n) is 2.64. The second kappa shape index (κ2) is 7.10. The van der Waals surface area contributed by atoms with Gasteiger partial charge in [-0.25, -0.2) is 4.98 Å². The van der Waals surface area contributed by atoms with Crippen LogP contribution in [0, 0.1) is 6.92 Å². The van der Waals surface area contributed by atoms with Gasteiger partial charge in [-0.05, 0) is 42.8 Å². The lowest BCUT2D eigenvalue weighted by Gasteiger charge is -2.29. The van der Waals surface area contributed by atoms with Gasteiger partial charge in [0.25, 0.3) is 5.91 Å². The summed E-state index contributed by atoms with van der Waals surface area (Å²) >= 11 is 3.40. The fourth-order valence-corrected chi connectivity index (χ4v) is 3.11. The molecule has 2 aromatic rings. The average Bonchev–Trinajstić information content (AvgIpc) is 2.56. The Morgan fingerprint density at radius 1 is 1.26 bits per heavy atom. The highest BCUT2D eigenvalue weighted by molar-refractivity contribution is 9.10. The number of amides is 1. The van der Waals surface area contributed by atoms with Crippen molar-refractivity contribution < 1.29 is 4.79 Å². The summed E-state index contributed by atoms with van der Waals surface area (Å²) in [6.45, 7) is 5.85. The van der Waals surface area contributed by atoms with Crippen LogP contribution in [0.25, 0.3) is 0 Å². The molecule has 0 radical (unpaired) electrons. The van der Waals surface area contributed by atoms with Gasteiger partial charge in [0.05, 0.1) is 11.9 Å². The first-order chi connectivity index (χ1) is 11.1. The molecular formula is C17H19BrN4O. The number of halogens is 1. The van der Waals surface area contributed by atoms with Gasteiger partial charge in [-0.1, -0.05) is 15.9 Å². The molecule has 1 amide bonds. The number of rotatable bonds is 3. The molecule has 1 aromatic carbocycles. The molecule has 1 saturated heterocycles. The third-order valence-electron chi connectivity index (χ3n) is 3.90. The Bertz CT molecular complexity index is 696. The molecule has 120 valence electrons. The number of piperazine rings is 1. The lowest BCUT2D eigenvalue weighted by atomic mass is 10.1. The molecule has 2 N–H and O–H groups in total. The minimum atomic E-state index is -0.141. The van der Waals surface area contributed by atoms with E-state index in [2.05, 4.69) is 36.4 Å². The van der Waals surface area contributed by atoms with Crippen molar-refractivity contribution in [3.63, 3.8) is 0 Å². The highest BCUT2D eigenvalue weighted by Crippen LogP contribution is 2.19. The Hall–Kier alpha value is -1.92. The lowest BCUT2D eigenvalue weighted by Crippen LogP contribution is -2.43. The van der Waals surface area contributed by atoms with Crippen LogP contribution < -0.4 is 15.5 Å². The normalized spacial score (nSPS) is 14.6. The van der Waals surface area contributed by atoms with E-state index < -0.39 is 0 Å². The molecule has 0 saturated carbocycles. The maximum absolute atomic E-state index is 12.3. The van der Waals surface area contributed by atoms with Gasteiger partial charge in [-0.15, -0.1) is 0 Å². The summed E-state index contributed by atoms with van der Waals surface area (Å²) in [4.78, 5) is 19.0. The van der Waals surface area contributed by atoms with Gasteiger partial charge in [0.1, 0.15) is 5.82 Å². The Morgan fingerprint density at radius 3 is 2.70 bits per heavy atom. The number of nitrogens with one attached hydrogen (secondary N) is 2. The zero-order valence-electron chi connectivity index (χ0n) is 13.0. The number of aromatic nitrogens is 1. The van der Waals surface area contributed by atoms with Crippen LogP contribution >= 0.6 is 15.9 Å². The molecule has 2 heterocycles. The van der Waals surface area contributed by atoms with Crippen LogP contribution in [0.15, 0.2) is 41.0 Å². The van der Waals surface area contributed by atoms with E-state index in [4.69, 9.17) is 0 Å². The van der Waals surface area contributed by atoms with E-state index >= 15 is 0 Å². The van der Waals surface area contributed by atoms with Gasteiger partial charge in [0.15, 0.2) is 0 Å². The third-order valence-corrected chi connectivity index (χ3v) is 4.40. The molecule has 1 aliphatic heterocycles. The first kappa shape index (κ1) is 16.0. The molecule has 23 heavy (non-hydrogen) atoms. The SMILES string of the molecule is Cc1cc(Br)ccc1C(=O)Nc1ccc(N2CCNCC2)cn1. The van der Waals surface area contributed by atoms with Gasteiger partial charge in [-0.3, -0.25) is 4.79 Å². The Labute approximate surface area is 144 Å². The summed E-state index contributed by atoms with van der Waals surface area (Å²) in [5, 5.41) is 6.18. The van der Waals surface area contributed by atoms with Gasteiger partial charge < -0.3 is 15.5 Å². The summed E-state index contributed by atoms with van der Waals surface area (Å²) in [5.74, 6) is 0.425. The maximum Gasteiger partial charge on any atom is 0.257 e.